The fourth-order valence-corrected chi connectivity index (χ4v) is 1.79. The zero-order valence-corrected chi connectivity index (χ0v) is 11.1. The molecule has 1 rings (SSSR count). The minimum absolute atomic E-state index is 0.348. The van der Waals surface area contributed by atoms with E-state index in [4.69, 9.17) is 5.73 Å². The highest BCUT2D eigenvalue weighted by atomic mass is 79.9. The van der Waals surface area contributed by atoms with Gasteiger partial charge in [0.1, 0.15) is 0 Å². The number of aryl methyl sites for hydroxylation is 1. The highest BCUT2D eigenvalue weighted by Crippen LogP contribution is 2.13. The first kappa shape index (κ1) is 12.7. The number of halogens is 1. The Labute approximate surface area is 101 Å². The Hall–Kier alpha value is -0.340. The van der Waals surface area contributed by atoms with Gasteiger partial charge in [-0.1, -0.05) is 41.9 Å². The molecule has 1 aromatic carbocycles. The van der Waals surface area contributed by atoms with Crippen molar-refractivity contribution in [3.05, 3.63) is 34.3 Å². The Balaban J connectivity index is 2.29. The lowest BCUT2D eigenvalue weighted by Gasteiger charge is -2.14. The molecule has 0 spiro atoms. The predicted octanol–water partition coefficient (Wildman–Crippen LogP) is 3.76. The Morgan fingerprint density at radius 3 is 2.33 bits per heavy atom. The second kappa shape index (κ2) is 6.29. The van der Waals surface area contributed by atoms with Crippen molar-refractivity contribution >= 4 is 15.9 Å². The molecule has 0 aliphatic heterocycles. The summed E-state index contributed by atoms with van der Waals surface area (Å²) in [6, 6.07) is 8.88. The minimum Gasteiger partial charge on any atom is -0.327 e. The Morgan fingerprint density at radius 1 is 1.20 bits per heavy atom. The maximum absolute atomic E-state index is 6.00. The number of nitrogens with two attached hydrogens (primary N) is 1. The summed E-state index contributed by atoms with van der Waals surface area (Å²) in [4.78, 5) is 0. The second-order valence-electron chi connectivity index (χ2n) is 4.43. The summed E-state index contributed by atoms with van der Waals surface area (Å²) < 4.78 is 1.14. The molecule has 1 unspecified atom stereocenters. The minimum atomic E-state index is 0.348. The van der Waals surface area contributed by atoms with Gasteiger partial charge in [0, 0.05) is 10.5 Å². The Kier molecular flexibility index (Phi) is 5.34. The van der Waals surface area contributed by atoms with Crippen molar-refractivity contribution in [1.29, 1.82) is 0 Å². The fraction of sp³-hybridized carbons (Fsp3) is 0.538. The van der Waals surface area contributed by atoms with Gasteiger partial charge in [-0.3, -0.25) is 0 Å². The summed E-state index contributed by atoms with van der Waals surface area (Å²) in [5.74, 6) is 0.593. The van der Waals surface area contributed by atoms with Gasteiger partial charge in [-0.15, -0.1) is 0 Å². The van der Waals surface area contributed by atoms with E-state index >= 15 is 0 Å². The molecule has 0 bridgehead atoms. The van der Waals surface area contributed by atoms with E-state index in [1.807, 2.05) is 0 Å². The van der Waals surface area contributed by atoms with Gasteiger partial charge in [-0.2, -0.15) is 0 Å². The Bertz CT molecular complexity index is 279. The third-order valence-electron chi connectivity index (χ3n) is 2.77. The molecule has 0 aliphatic carbocycles. The van der Waals surface area contributed by atoms with Crippen LogP contribution in [0.2, 0.25) is 0 Å². The van der Waals surface area contributed by atoms with E-state index in [0.29, 0.717) is 12.0 Å². The SMILES string of the molecule is CC(C)C(N)CCCc1ccc(Br)cc1. The number of hydrogen-bond acceptors (Lipinski definition) is 1. The third kappa shape index (κ3) is 4.80. The molecule has 0 radical (unpaired) electrons. The zero-order chi connectivity index (χ0) is 11.3. The van der Waals surface area contributed by atoms with Crippen LogP contribution in [0.1, 0.15) is 32.3 Å². The lowest BCUT2D eigenvalue weighted by Crippen LogP contribution is -2.26. The van der Waals surface area contributed by atoms with Crippen LogP contribution in [0.5, 0.6) is 0 Å². The first-order chi connectivity index (χ1) is 7.09. The van der Waals surface area contributed by atoms with E-state index in [9.17, 15) is 0 Å². The van der Waals surface area contributed by atoms with Crippen molar-refractivity contribution in [2.75, 3.05) is 0 Å². The first-order valence-electron chi connectivity index (χ1n) is 5.59. The number of rotatable bonds is 5. The molecular weight excluding hydrogens is 250 g/mol. The highest BCUT2D eigenvalue weighted by Gasteiger charge is 2.06. The zero-order valence-electron chi connectivity index (χ0n) is 9.54. The van der Waals surface area contributed by atoms with Crippen LogP contribution < -0.4 is 5.73 Å². The molecule has 0 aromatic heterocycles. The molecule has 84 valence electrons. The van der Waals surface area contributed by atoms with Gasteiger partial charge in [0.2, 0.25) is 0 Å². The van der Waals surface area contributed by atoms with Gasteiger partial charge in [0.15, 0.2) is 0 Å². The topological polar surface area (TPSA) is 26.0 Å². The Morgan fingerprint density at radius 2 is 1.80 bits per heavy atom. The van der Waals surface area contributed by atoms with Crippen molar-refractivity contribution in [2.24, 2.45) is 11.7 Å². The van der Waals surface area contributed by atoms with Crippen LogP contribution >= 0.6 is 15.9 Å². The molecule has 2 N–H and O–H groups in total. The summed E-state index contributed by atoms with van der Waals surface area (Å²) in [6.45, 7) is 4.37. The monoisotopic (exact) mass is 269 g/mol. The molecule has 0 fully saturated rings. The number of hydrogen-bond donors (Lipinski definition) is 1. The summed E-state index contributed by atoms with van der Waals surface area (Å²) in [5, 5.41) is 0. The molecule has 15 heavy (non-hydrogen) atoms. The van der Waals surface area contributed by atoms with E-state index in [2.05, 4.69) is 54.0 Å². The first-order valence-corrected chi connectivity index (χ1v) is 6.39. The van der Waals surface area contributed by atoms with Gasteiger partial charge in [0.25, 0.3) is 0 Å². The molecule has 0 heterocycles. The van der Waals surface area contributed by atoms with Crippen molar-refractivity contribution < 1.29 is 0 Å². The van der Waals surface area contributed by atoms with Crippen LogP contribution in [0.4, 0.5) is 0 Å². The molecule has 0 aliphatic rings. The molecule has 0 saturated carbocycles. The van der Waals surface area contributed by atoms with Crippen LogP contribution in [0.15, 0.2) is 28.7 Å². The molecule has 2 heteroatoms. The highest BCUT2D eigenvalue weighted by molar-refractivity contribution is 9.10. The number of benzene rings is 1. The predicted molar refractivity (Wildman–Crippen MR) is 69.9 cm³/mol. The van der Waals surface area contributed by atoms with E-state index in [0.717, 1.165) is 17.3 Å². The summed E-state index contributed by atoms with van der Waals surface area (Å²) in [7, 11) is 0. The van der Waals surface area contributed by atoms with Crippen LogP contribution in [0, 0.1) is 5.92 Å². The quantitative estimate of drug-likeness (QED) is 0.866. The average molecular weight is 270 g/mol. The lowest BCUT2D eigenvalue weighted by molar-refractivity contribution is 0.452. The molecule has 1 nitrogen and oxygen atoms in total. The standard InChI is InChI=1S/C13H20BrN/c1-10(2)13(15)5-3-4-11-6-8-12(14)9-7-11/h6-10,13H,3-5,15H2,1-2H3. The van der Waals surface area contributed by atoms with Crippen LogP contribution in [0.3, 0.4) is 0 Å². The second-order valence-corrected chi connectivity index (χ2v) is 5.34. The molecule has 1 aromatic rings. The van der Waals surface area contributed by atoms with Crippen LogP contribution in [-0.2, 0) is 6.42 Å². The maximum Gasteiger partial charge on any atom is 0.0175 e. The summed E-state index contributed by atoms with van der Waals surface area (Å²) in [6.07, 6.45) is 3.43. The van der Waals surface area contributed by atoms with Crippen LogP contribution in [0.25, 0.3) is 0 Å². The molecule has 1 atom stereocenters. The van der Waals surface area contributed by atoms with Gasteiger partial charge in [-0.05, 0) is 42.9 Å². The van der Waals surface area contributed by atoms with Gasteiger partial charge >= 0.3 is 0 Å². The largest absolute Gasteiger partial charge is 0.327 e. The van der Waals surface area contributed by atoms with Gasteiger partial charge in [-0.25, -0.2) is 0 Å². The van der Waals surface area contributed by atoms with Crippen LogP contribution in [-0.4, -0.2) is 6.04 Å². The van der Waals surface area contributed by atoms with Gasteiger partial charge < -0.3 is 5.73 Å². The smallest absolute Gasteiger partial charge is 0.0175 e. The van der Waals surface area contributed by atoms with E-state index in [1.165, 1.54) is 12.0 Å². The third-order valence-corrected chi connectivity index (χ3v) is 3.30. The van der Waals surface area contributed by atoms with E-state index < -0.39 is 0 Å². The van der Waals surface area contributed by atoms with Gasteiger partial charge in [0.05, 0.1) is 0 Å². The summed E-state index contributed by atoms with van der Waals surface area (Å²) >= 11 is 3.44. The lowest BCUT2D eigenvalue weighted by atomic mass is 9.98. The van der Waals surface area contributed by atoms with Crippen molar-refractivity contribution in [3.63, 3.8) is 0 Å². The van der Waals surface area contributed by atoms with E-state index in [1.54, 1.807) is 0 Å². The molecule has 0 saturated heterocycles. The van der Waals surface area contributed by atoms with Crippen molar-refractivity contribution in [1.82, 2.24) is 0 Å². The fourth-order valence-electron chi connectivity index (χ4n) is 1.53. The summed E-state index contributed by atoms with van der Waals surface area (Å²) in [5.41, 5.74) is 7.39. The van der Waals surface area contributed by atoms with Crippen molar-refractivity contribution in [2.45, 2.75) is 39.2 Å². The average Bonchev–Trinajstić information content (AvgIpc) is 2.20. The normalized spacial score (nSPS) is 13.1. The van der Waals surface area contributed by atoms with Crippen molar-refractivity contribution in [3.8, 4) is 0 Å². The molecular formula is C13H20BrN. The maximum atomic E-state index is 6.00. The van der Waals surface area contributed by atoms with E-state index in [-0.39, 0.29) is 0 Å². The molecule has 0 amide bonds.